The maximum absolute atomic E-state index is 12.9. The Morgan fingerprint density at radius 2 is 1.61 bits per heavy atom. The lowest BCUT2D eigenvalue weighted by molar-refractivity contribution is 0.588. The molecule has 1 heterocycles. The molecule has 0 amide bonds. The number of nitriles is 1. The third-order valence-electron chi connectivity index (χ3n) is 5.16. The topological polar surface area (TPSA) is 108 Å². The number of hydrogen-bond donors (Lipinski definition) is 2. The van der Waals surface area contributed by atoms with Gasteiger partial charge in [0.15, 0.2) is 9.84 Å². The molecule has 0 aliphatic carbocycles. The van der Waals surface area contributed by atoms with E-state index in [4.69, 9.17) is 5.26 Å². The minimum atomic E-state index is -3.49. The van der Waals surface area contributed by atoms with Crippen molar-refractivity contribution in [1.82, 2.24) is 9.97 Å². The van der Waals surface area contributed by atoms with Gasteiger partial charge in [0.25, 0.3) is 0 Å². The van der Waals surface area contributed by atoms with E-state index >= 15 is 0 Å². The van der Waals surface area contributed by atoms with E-state index in [1.165, 1.54) is 0 Å². The van der Waals surface area contributed by atoms with Crippen molar-refractivity contribution >= 4 is 43.9 Å². The molecular weight excluding hydrogens is 434 g/mol. The number of nitrogens with zero attached hydrogens (tertiary/aromatic N) is 3. The number of para-hydroxylation sites is 2. The number of sulfone groups is 1. The number of fused-ring (bicyclic) bond motifs is 1. The number of benzene rings is 3. The molecule has 3 aromatic carbocycles. The average molecular weight is 458 g/mol. The summed E-state index contributed by atoms with van der Waals surface area (Å²) in [5.74, 6) is 0.865. The van der Waals surface area contributed by atoms with Crippen molar-refractivity contribution in [3.05, 3.63) is 78.4 Å². The van der Waals surface area contributed by atoms with E-state index in [9.17, 15) is 8.42 Å². The Morgan fingerprint density at radius 3 is 2.33 bits per heavy atom. The fourth-order valence-corrected chi connectivity index (χ4v) is 4.56. The van der Waals surface area contributed by atoms with Crippen LogP contribution >= 0.6 is 0 Å². The maximum Gasteiger partial charge on any atom is 0.229 e. The predicted octanol–water partition coefficient (Wildman–Crippen LogP) is 5.37. The van der Waals surface area contributed by atoms with Crippen LogP contribution in [0.3, 0.4) is 0 Å². The first-order valence-electron chi connectivity index (χ1n) is 10.5. The first-order valence-corrected chi connectivity index (χ1v) is 12.0. The number of rotatable bonds is 7. The highest BCUT2D eigenvalue weighted by Gasteiger charge is 2.23. The van der Waals surface area contributed by atoms with Gasteiger partial charge in [0.2, 0.25) is 5.95 Å². The van der Waals surface area contributed by atoms with Crippen molar-refractivity contribution in [1.29, 1.82) is 5.26 Å². The van der Waals surface area contributed by atoms with Crippen molar-refractivity contribution in [3.63, 3.8) is 0 Å². The zero-order chi connectivity index (χ0) is 23.4. The summed E-state index contributed by atoms with van der Waals surface area (Å²) in [5.41, 5.74) is 2.87. The second-order valence-corrected chi connectivity index (χ2v) is 10.3. The van der Waals surface area contributed by atoms with Crippen LogP contribution in [-0.2, 0) is 16.3 Å². The molecule has 1 aromatic heterocycles. The summed E-state index contributed by atoms with van der Waals surface area (Å²) in [5, 5.41) is 15.5. The maximum atomic E-state index is 12.9. The molecule has 0 unspecified atom stereocenters. The number of anilines is 4. The molecule has 4 aromatic rings. The third kappa shape index (κ3) is 4.78. The highest BCUT2D eigenvalue weighted by Crippen LogP contribution is 2.31. The summed E-state index contributed by atoms with van der Waals surface area (Å²) >= 11 is 0. The van der Waals surface area contributed by atoms with Crippen LogP contribution in [0.5, 0.6) is 0 Å². The van der Waals surface area contributed by atoms with E-state index in [0.29, 0.717) is 29.4 Å². The SMILES string of the molecule is CC(C)S(=O)(=O)c1ccccc1Nc1nc(Nc2ccc(CC#N)cc2)nc2ccccc12. The van der Waals surface area contributed by atoms with Gasteiger partial charge < -0.3 is 10.6 Å². The van der Waals surface area contributed by atoms with Gasteiger partial charge in [-0.25, -0.2) is 13.4 Å². The van der Waals surface area contributed by atoms with Crippen molar-refractivity contribution in [2.75, 3.05) is 10.6 Å². The van der Waals surface area contributed by atoms with Crippen LogP contribution in [0, 0.1) is 11.3 Å². The number of aromatic nitrogens is 2. The van der Waals surface area contributed by atoms with Gasteiger partial charge >= 0.3 is 0 Å². The molecule has 8 heteroatoms. The highest BCUT2D eigenvalue weighted by molar-refractivity contribution is 7.92. The van der Waals surface area contributed by atoms with Crippen molar-refractivity contribution in [3.8, 4) is 6.07 Å². The summed E-state index contributed by atoms with van der Waals surface area (Å²) in [6.45, 7) is 3.33. The van der Waals surface area contributed by atoms with Gasteiger partial charge in [0.05, 0.1) is 33.8 Å². The molecule has 33 heavy (non-hydrogen) atoms. The summed E-state index contributed by atoms with van der Waals surface area (Å²) in [6.07, 6.45) is 0.347. The molecule has 7 nitrogen and oxygen atoms in total. The Morgan fingerprint density at radius 1 is 0.909 bits per heavy atom. The second kappa shape index (κ2) is 9.27. The van der Waals surface area contributed by atoms with Crippen LogP contribution < -0.4 is 10.6 Å². The zero-order valence-electron chi connectivity index (χ0n) is 18.3. The van der Waals surface area contributed by atoms with Gasteiger partial charge in [0.1, 0.15) is 5.82 Å². The summed E-state index contributed by atoms with van der Waals surface area (Å²) in [6, 6.07) is 24.0. The van der Waals surface area contributed by atoms with Crippen molar-refractivity contribution in [2.45, 2.75) is 30.4 Å². The van der Waals surface area contributed by atoms with E-state index in [2.05, 4.69) is 26.7 Å². The molecule has 0 aliphatic rings. The Bertz CT molecular complexity index is 1440. The standard InChI is InChI=1S/C25H23N5O2S/c1-17(2)33(31,32)23-10-6-5-9-22(23)28-24-20-7-3-4-8-21(20)29-25(30-24)27-19-13-11-18(12-14-19)15-16-26/h3-14,17H,15H2,1-2H3,(H2,27,28,29,30). The Labute approximate surface area is 193 Å². The van der Waals surface area contributed by atoms with Crippen LogP contribution in [0.2, 0.25) is 0 Å². The molecule has 0 aliphatic heterocycles. The molecule has 2 N–H and O–H groups in total. The quantitative estimate of drug-likeness (QED) is 0.384. The first-order chi connectivity index (χ1) is 15.9. The molecule has 166 valence electrons. The molecule has 0 fully saturated rings. The molecule has 0 spiro atoms. The van der Waals surface area contributed by atoms with Crippen molar-refractivity contribution in [2.24, 2.45) is 0 Å². The molecule has 0 saturated heterocycles. The van der Waals surface area contributed by atoms with Gasteiger partial charge in [-0.15, -0.1) is 0 Å². The molecule has 0 bridgehead atoms. The molecular formula is C25H23N5O2S. The van der Waals surface area contributed by atoms with Gasteiger partial charge in [-0.1, -0.05) is 36.4 Å². The zero-order valence-corrected chi connectivity index (χ0v) is 19.1. The van der Waals surface area contributed by atoms with Gasteiger partial charge in [-0.3, -0.25) is 0 Å². The lowest BCUT2D eigenvalue weighted by atomic mass is 10.1. The van der Waals surface area contributed by atoms with Crippen LogP contribution in [0.15, 0.2) is 77.7 Å². The van der Waals surface area contributed by atoms with Gasteiger partial charge in [-0.2, -0.15) is 10.2 Å². The van der Waals surface area contributed by atoms with E-state index in [0.717, 1.165) is 16.6 Å². The smallest absolute Gasteiger partial charge is 0.229 e. The van der Waals surface area contributed by atoms with Crippen molar-refractivity contribution < 1.29 is 8.42 Å². The second-order valence-electron chi connectivity index (χ2n) is 7.78. The normalized spacial score (nSPS) is 11.3. The van der Waals surface area contributed by atoms with Crippen LogP contribution in [0.1, 0.15) is 19.4 Å². The Balaban J connectivity index is 1.74. The first kappa shape index (κ1) is 22.2. The van der Waals surface area contributed by atoms with Crippen LogP contribution in [-0.4, -0.2) is 23.6 Å². The Hall–Kier alpha value is -3.96. The lowest BCUT2D eigenvalue weighted by Gasteiger charge is -2.16. The van der Waals surface area contributed by atoms with Gasteiger partial charge in [0, 0.05) is 11.1 Å². The Kier molecular flexibility index (Phi) is 6.24. The lowest BCUT2D eigenvalue weighted by Crippen LogP contribution is -2.15. The minimum Gasteiger partial charge on any atom is -0.338 e. The number of hydrogen-bond acceptors (Lipinski definition) is 7. The summed E-state index contributed by atoms with van der Waals surface area (Å²) in [4.78, 5) is 9.46. The predicted molar refractivity (Wildman–Crippen MR) is 131 cm³/mol. The highest BCUT2D eigenvalue weighted by atomic mass is 32.2. The molecule has 4 rings (SSSR count). The van der Waals surface area contributed by atoms with Crippen LogP contribution in [0.4, 0.5) is 23.1 Å². The van der Waals surface area contributed by atoms with E-state index in [1.54, 1.807) is 38.1 Å². The summed E-state index contributed by atoms with van der Waals surface area (Å²) in [7, 11) is -3.49. The fourth-order valence-electron chi connectivity index (χ4n) is 3.35. The molecule has 0 radical (unpaired) electrons. The monoisotopic (exact) mass is 457 g/mol. The van der Waals surface area contributed by atoms with Gasteiger partial charge in [-0.05, 0) is 55.8 Å². The fraction of sp³-hybridized carbons (Fsp3) is 0.160. The van der Waals surface area contributed by atoms with E-state index in [-0.39, 0.29) is 4.90 Å². The number of nitrogens with one attached hydrogen (secondary N) is 2. The molecule has 0 saturated carbocycles. The average Bonchev–Trinajstić information content (AvgIpc) is 2.81. The van der Waals surface area contributed by atoms with Crippen LogP contribution in [0.25, 0.3) is 10.9 Å². The molecule has 0 atom stereocenters. The van der Waals surface area contributed by atoms with E-state index in [1.807, 2.05) is 48.5 Å². The van der Waals surface area contributed by atoms with E-state index < -0.39 is 15.1 Å². The third-order valence-corrected chi connectivity index (χ3v) is 7.37. The summed E-state index contributed by atoms with van der Waals surface area (Å²) < 4.78 is 25.8. The largest absolute Gasteiger partial charge is 0.338 e. The minimum absolute atomic E-state index is 0.227.